The second-order valence-corrected chi connectivity index (χ2v) is 6.92. The van der Waals surface area contributed by atoms with Crippen LogP contribution < -0.4 is 10.0 Å². The highest BCUT2D eigenvalue weighted by atomic mass is 79.9. The molecule has 0 aliphatic rings. The minimum atomic E-state index is -3.67. The van der Waals surface area contributed by atoms with E-state index in [9.17, 15) is 13.2 Å². The number of hydrogen-bond donors (Lipinski definition) is 2. The highest BCUT2D eigenvalue weighted by molar-refractivity contribution is 9.10. The number of carbonyl (C=O) groups excluding carboxylic acids is 1. The molecule has 0 radical (unpaired) electrons. The van der Waals surface area contributed by atoms with Gasteiger partial charge >= 0.3 is 0 Å². The molecule has 2 N–H and O–H groups in total. The number of halogens is 1. The Balaban J connectivity index is 2.26. The number of carbonyl (C=O) groups is 1. The monoisotopic (exact) mass is 368 g/mol. The fraction of sp³-hybridized carbons (Fsp3) is 0.0714. The number of hydrogen-bond acceptors (Lipinski definition) is 3. The third-order valence-corrected chi connectivity index (χ3v) is 4.41. The molecule has 2 aromatic carbocycles. The molecule has 0 saturated carbocycles. The third-order valence-electron chi connectivity index (χ3n) is 2.54. The van der Waals surface area contributed by atoms with E-state index in [1.165, 1.54) is 19.1 Å². The topological polar surface area (TPSA) is 75.3 Å². The van der Waals surface area contributed by atoms with E-state index in [1.54, 1.807) is 36.4 Å². The zero-order valence-corrected chi connectivity index (χ0v) is 13.5. The standard InChI is InChI=1S/C14H13BrN2O3S/c1-10(18)16-12-5-3-6-13(9-12)17-21(19,20)14-7-2-4-11(15)8-14/h2-9,17H,1H3,(H,16,18). The number of rotatable bonds is 4. The van der Waals surface area contributed by atoms with E-state index in [0.717, 1.165) is 0 Å². The molecule has 0 aromatic heterocycles. The number of nitrogens with one attached hydrogen (secondary N) is 2. The van der Waals surface area contributed by atoms with Gasteiger partial charge in [-0.1, -0.05) is 28.1 Å². The molecule has 0 fully saturated rings. The van der Waals surface area contributed by atoms with Crippen LogP contribution in [0.5, 0.6) is 0 Å². The van der Waals surface area contributed by atoms with Crippen molar-refractivity contribution in [3.8, 4) is 0 Å². The van der Waals surface area contributed by atoms with Crippen molar-refractivity contribution in [1.82, 2.24) is 0 Å². The van der Waals surface area contributed by atoms with E-state index >= 15 is 0 Å². The Hall–Kier alpha value is -1.86. The van der Waals surface area contributed by atoms with Crippen molar-refractivity contribution in [1.29, 1.82) is 0 Å². The number of amides is 1. The van der Waals surface area contributed by atoms with Gasteiger partial charge in [-0.15, -0.1) is 0 Å². The van der Waals surface area contributed by atoms with Crippen molar-refractivity contribution in [2.75, 3.05) is 10.0 Å². The van der Waals surface area contributed by atoms with Gasteiger partial charge in [0, 0.05) is 17.1 Å². The molecule has 110 valence electrons. The van der Waals surface area contributed by atoms with Crippen LogP contribution in [0.1, 0.15) is 6.92 Å². The highest BCUT2D eigenvalue weighted by Gasteiger charge is 2.14. The van der Waals surface area contributed by atoms with Crippen molar-refractivity contribution >= 4 is 43.2 Å². The maximum Gasteiger partial charge on any atom is 0.261 e. The van der Waals surface area contributed by atoms with Crippen LogP contribution in [0.25, 0.3) is 0 Å². The van der Waals surface area contributed by atoms with Gasteiger partial charge in [-0.05, 0) is 36.4 Å². The van der Waals surface area contributed by atoms with Crippen LogP contribution >= 0.6 is 15.9 Å². The lowest BCUT2D eigenvalue weighted by Gasteiger charge is -2.10. The van der Waals surface area contributed by atoms with Crippen molar-refractivity contribution < 1.29 is 13.2 Å². The van der Waals surface area contributed by atoms with E-state index in [0.29, 0.717) is 15.8 Å². The van der Waals surface area contributed by atoms with Gasteiger partial charge in [0.1, 0.15) is 0 Å². The summed E-state index contributed by atoms with van der Waals surface area (Å²) >= 11 is 3.24. The van der Waals surface area contributed by atoms with Crippen molar-refractivity contribution in [3.63, 3.8) is 0 Å². The molecule has 21 heavy (non-hydrogen) atoms. The molecule has 0 unspecified atom stereocenters. The zero-order chi connectivity index (χ0) is 15.5. The summed E-state index contributed by atoms with van der Waals surface area (Å²) < 4.78 is 27.7. The van der Waals surface area contributed by atoms with Gasteiger partial charge in [-0.2, -0.15) is 0 Å². The van der Waals surface area contributed by atoms with Gasteiger partial charge in [0.05, 0.1) is 10.6 Å². The number of benzene rings is 2. The molecule has 0 saturated heterocycles. The molecule has 1 amide bonds. The lowest BCUT2D eigenvalue weighted by Crippen LogP contribution is -2.13. The van der Waals surface area contributed by atoms with Crippen LogP contribution in [0.2, 0.25) is 0 Å². The molecule has 5 nitrogen and oxygen atoms in total. The smallest absolute Gasteiger partial charge is 0.261 e. The molecular formula is C14H13BrN2O3S. The van der Waals surface area contributed by atoms with Gasteiger partial charge in [0.25, 0.3) is 10.0 Å². The van der Waals surface area contributed by atoms with Crippen LogP contribution in [-0.2, 0) is 14.8 Å². The molecule has 0 atom stereocenters. The Morgan fingerprint density at radius 3 is 2.38 bits per heavy atom. The molecule has 2 rings (SSSR count). The Morgan fingerprint density at radius 2 is 1.71 bits per heavy atom. The van der Waals surface area contributed by atoms with E-state index in [1.807, 2.05) is 0 Å². The third kappa shape index (κ3) is 4.30. The quantitative estimate of drug-likeness (QED) is 0.869. The summed E-state index contributed by atoms with van der Waals surface area (Å²) in [7, 11) is -3.67. The van der Waals surface area contributed by atoms with E-state index < -0.39 is 10.0 Å². The van der Waals surface area contributed by atoms with E-state index in [-0.39, 0.29) is 10.8 Å². The lowest BCUT2D eigenvalue weighted by molar-refractivity contribution is -0.114. The second kappa shape index (κ2) is 6.28. The molecule has 0 aliphatic heterocycles. The molecule has 0 heterocycles. The molecule has 2 aromatic rings. The average Bonchev–Trinajstić information content (AvgIpc) is 2.37. The van der Waals surface area contributed by atoms with Crippen molar-refractivity contribution in [2.24, 2.45) is 0 Å². The van der Waals surface area contributed by atoms with E-state index in [4.69, 9.17) is 0 Å². The molecule has 0 spiro atoms. The first-order chi connectivity index (χ1) is 9.87. The number of sulfonamides is 1. The molecule has 0 aliphatic carbocycles. The maximum atomic E-state index is 12.3. The predicted molar refractivity (Wildman–Crippen MR) is 85.7 cm³/mol. The van der Waals surface area contributed by atoms with Crippen molar-refractivity contribution in [2.45, 2.75) is 11.8 Å². The normalized spacial score (nSPS) is 11.0. The fourth-order valence-corrected chi connectivity index (χ4v) is 3.36. The summed E-state index contributed by atoms with van der Waals surface area (Å²) in [5.41, 5.74) is 0.901. The summed E-state index contributed by atoms with van der Waals surface area (Å²) in [5.74, 6) is -0.220. The maximum absolute atomic E-state index is 12.3. The summed E-state index contributed by atoms with van der Waals surface area (Å²) in [4.78, 5) is 11.2. The van der Waals surface area contributed by atoms with Gasteiger partial charge < -0.3 is 5.32 Å². The zero-order valence-electron chi connectivity index (χ0n) is 11.1. The molecular weight excluding hydrogens is 356 g/mol. The van der Waals surface area contributed by atoms with Gasteiger partial charge in [-0.25, -0.2) is 8.42 Å². The fourth-order valence-electron chi connectivity index (χ4n) is 1.71. The number of anilines is 2. The minimum absolute atomic E-state index is 0.154. The lowest BCUT2D eigenvalue weighted by atomic mass is 10.3. The summed E-state index contributed by atoms with van der Waals surface area (Å²) in [6.07, 6.45) is 0. The first-order valence-electron chi connectivity index (χ1n) is 6.03. The van der Waals surface area contributed by atoms with Crippen molar-refractivity contribution in [3.05, 3.63) is 53.0 Å². The first kappa shape index (κ1) is 15.5. The Morgan fingerprint density at radius 1 is 1.05 bits per heavy atom. The SMILES string of the molecule is CC(=O)Nc1cccc(NS(=O)(=O)c2cccc(Br)c2)c1. The highest BCUT2D eigenvalue weighted by Crippen LogP contribution is 2.21. The molecule has 0 bridgehead atoms. The van der Waals surface area contributed by atoms with E-state index in [2.05, 4.69) is 26.0 Å². The van der Waals surface area contributed by atoms with Crippen LogP contribution in [0.15, 0.2) is 57.9 Å². The summed E-state index contributed by atoms with van der Waals surface area (Å²) in [6.45, 7) is 1.39. The second-order valence-electron chi connectivity index (χ2n) is 4.32. The first-order valence-corrected chi connectivity index (χ1v) is 8.30. The van der Waals surface area contributed by atoms with Crippen LogP contribution in [0, 0.1) is 0 Å². The predicted octanol–water partition coefficient (Wildman–Crippen LogP) is 3.21. The van der Waals surface area contributed by atoms with Gasteiger partial charge in [-0.3, -0.25) is 9.52 Å². The summed E-state index contributed by atoms with van der Waals surface area (Å²) in [5, 5.41) is 2.60. The van der Waals surface area contributed by atoms with Crippen LogP contribution in [0.4, 0.5) is 11.4 Å². The van der Waals surface area contributed by atoms with Gasteiger partial charge in [0.2, 0.25) is 5.91 Å². The molecule has 7 heteroatoms. The van der Waals surface area contributed by atoms with Gasteiger partial charge in [0.15, 0.2) is 0 Å². The Bertz CT molecular complexity index is 775. The minimum Gasteiger partial charge on any atom is -0.326 e. The van der Waals surface area contributed by atoms with Crippen LogP contribution in [-0.4, -0.2) is 14.3 Å². The Kier molecular flexibility index (Phi) is 4.64. The largest absolute Gasteiger partial charge is 0.326 e. The van der Waals surface area contributed by atoms with Crippen LogP contribution in [0.3, 0.4) is 0 Å². The average molecular weight is 369 g/mol. The summed E-state index contributed by atoms with van der Waals surface area (Å²) in [6, 6.07) is 12.9. The Labute approximate surface area is 131 Å².